The molecule has 0 amide bonds. The molecule has 0 spiro atoms. The van der Waals surface area contributed by atoms with Crippen LogP contribution in [0.5, 0.6) is 0 Å². The van der Waals surface area contributed by atoms with Gasteiger partial charge in [-0.15, -0.1) is 11.3 Å². The van der Waals surface area contributed by atoms with Gasteiger partial charge in [0, 0.05) is 51.8 Å². The summed E-state index contributed by atoms with van der Waals surface area (Å²) in [6.07, 6.45) is 0.238. The van der Waals surface area contributed by atoms with Gasteiger partial charge < -0.3 is 19.6 Å². The van der Waals surface area contributed by atoms with Crippen LogP contribution in [0.4, 0.5) is 0 Å². The minimum Gasteiger partial charge on any atom is -0.389 e. The summed E-state index contributed by atoms with van der Waals surface area (Å²) in [6, 6.07) is 10.5. The van der Waals surface area contributed by atoms with E-state index >= 15 is 0 Å². The molecule has 1 unspecified atom stereocenters. The van der Waals surface area contributed by atoms with Crippen molar-refractivity contribution in [3.05, 3.63) is 62.5 Å². The monoisotopic (exact) mass is 472 g/mol. The topological polar surface area (TPSA) is 90.9 Å². The van der Waals surface area contributed by atoms with Crippen molar-refractivity contribution in [2.24, 2.45) is 0 Å². The van der Waals surface area contributed by atoms with E-state index in [0.29, 0.717) is 32.1 Å². The normalized spacial score (nSPS) is 15.3. The molecule has 1 aromatic carbocycles. The molecule has 2 N–H and O–H groups in total. The number of methoxy groups -OCH3 is 2. The molecule has 178 valence electrons. The molecule has 33 heavy (non-hydrogen) atoms. The lowest BCUT2D eigenvalue weighted by Crippen LogP contribution is -2.37. The van der Waals surface area contributed by atoms with Crippen LogP contribution < -0.4 is 5.56 Å². The molecule has 0 aliphatic carbocycles. The average molecular weight is 473 g/mol. The Hall–Kier alpha value is -2.14. The van der Waals surface area contributed by atoms with Gasteiger partial charge in [-0.1, -0.05) is 30.3 Å². The maximum atomic E-state index is 13.0. The number of rotatable bonds is 11. The molecular formula is C24H32N4O4S. The highest BCUT2D eigenvalue weighted by Gasteiger charge is 2.24. The van der Waals surface area contributed by atoms with Crippen LogP contribution in [0.25, 0.3) is 10.2 Å². The third kappa shape index (κ3) is 6.06. The zero-order valence-electron chi connectivity index (χ0n) is 19.2. The Morgan fingerprint density at radius 2 is 2.09 bits per heavy atom. The molecule has 4 rings (SSSR count). The number of aromatic nitrogens is 2. The molecule has 0 saturated heterocycles. The molecule has 3 aromatic rings. The molecule has 0 fully saturated rings. The van der Waals surface area contributed by atoms with Crippen molar-refractivity contribution in [3.8, 4) is 0 Å². The van der Waals surface area contributed by atoms with E-state index < -0.39 is 6.10 Å². The SMILES string of the molecule is COCCN(Cc1nc2sc3c(c2c(=O)[nH]1)CCN(Cc1ccccc1)C3)CC(O)COC. The lowest BCUT2D eigenvalue weighted by atomic mass is 10.0. The highest BCUT2D eigenvalue weighted by Crippen LogP contribution is 2.32. The summed E-state index contributed by atoms with van der Waals surface area (Å²) in [5, 5.41) is 10.9. The summed E-state index contributed by atoms with van der Waals surface area (Å²) >= 11 is 1.62. The van der Waals surface area contributed by atoms with Gasteiger partial charge in [0.2, 0.25) is 0 Å². The Kier molecular flexibility index (Phi) is 8.24. The largest absolute Gasteiger partial charge is 0.389 e. The fourth-order valence-corrected chi connectivity index (χ4v) is 5.64. The van der Waals surface area contributed by atoms with Crippen LogP contribution in [0.2, 0.25) is 0 Å². The lowest BCUT2D eigenvalue weighted by molar-refractivity contribution is 0.0287. The van der Waals surface area contributed by atoms with E-state index in [1.54, 1.807) is 25.6 Å². The zero-order valence-corrected chi connectivity index (χ0v) is 20.1. The number of fused-ring (bicyclic) bond motifs is 3. The number of hydrogen-bond acceptors (Lipinski definition) is 8. The summed E-state index contributed by atoms with van der Waals surface area (Å²) in [5.74, 6) is 0.605. The Bertz CT molecular complexity index is 1100. The van der Waals surface area contributed by atoms with Crippen molar-refractivity contribution >= 4 is 21.6 Å². The average Bonchev–Trinajstić information content (AvgIpc) is 3.16. The molecule has 8 nitrogen and oxygen atoms in total. The van der Waals surface area contributed by atoms with Crippen LogP contribution in [0.1, 0.15) is 21.8 Å². The minimum absolute atomic E-state index is 0.0758. The van der Waals surface area contributed by atoms with Crippen molar-refractivity contribution in [2.75, 3.05) is 47.1 Å². The van der Waals surface area contributed by atoms with E-state index in [2.05, 4.69) is 34.1 Å². The zero-order chi connectivity index (χ0) is 23.2. The number of aliphatic hydroxyl groups excluding tert-OH is 1. The van der Waals surface area contributed by atoms with Gasteiger partial charge in [0.25, 0.3) is 5.56 Å². The number of nitrogens with zero attached hydrogens (tertiary/aromatic N) is 3. The summed E-state index contributed by atoms with van der Waals surface area (Å²) in [4.78, 5) is 27.3. The van der Waals surface area contributed by atoms with E-state index in [1.165, 1.54) is 10.4 Å². The third-order valence-electron chi connectivity index (χ3n) is 5.90. The molecule has 2 aromatic heterocycles. The second-order valence-electron chi connectivity index (χ2n) is 8.48. The summed E-state index contributed by atoms with van der Waals surface area (Å²) < 4.78 is 10.2. The van der Waals surface area contributed by atoms with Crippen molar-refractivity contribution in [1.29, 1.82) is 0 Å². The Morgan fingerprint density at radius 1 is 1.27 bits per heavy atom. The number of benzene rings is 1. The molecule has 0 radical (unpaired) electrons. The number of ether oxygens (including phenoxy) is 2. The van der Waals surface area contributed by atoms with Crippen molar-refractivity contribution < 1.29 is 14.6 Å². The van der Waals surface area contributed by atoms with Crippen molar-refractivity contribution in [3.63, 3.8) is 0 Å². The van der Waals surface area contributed by atoms with Gasteiger partial charge in [0.15, 0.2) is 0 Å². The maximum Gasteiger partial charge on any atom is 0.259 e. The predicted molar refractivity (Wildman–Crippen MR) is 130 cm³/mol. The van der Waals surface area contributed by atoms with Gasteiger partial charge in [-0.25, -0.2) is 4.98 Å². The Labute approximate surface area is 197 Å². The highest BCUT2D eigenvalue weighted by molar-refractivity contribution is 7.18. The highest BCUT2D eigenvalue weighted by atomic mass is 32.1. The number of aromatic amines is 1. The number of H-pyrrole nitrogens is 1. The molecule has 9 heteroatoms. The van der Waals surface area contributed by atoms with E-state index in [0.717, 1.165) is 41.8 Å². The minimum atomic E-state index is -0.619. The molecule has 1 atom stereocenters. The van der Waals surface area contributed by atoms with Gasteiger partial charge >= 0.3 is 0 Å². The lowest BCUT2D eigenvalue weighted by Gasteiger charge is -2.26. The second kappa shape index (κ2) is 11.3. The Balaban J connectivity index is 1.52. The second-order valence-corrected chi connectivity index (χ2v) is 9.56. The predicted octanol–water partition coefficient (Wildman–Crippen LogP) is 2.00. The molecule has 1 aliphatic rings. The van der Waals surface area contributed by atoms with Crippen LogP contribution >= 0.6 is 11.3 Å². The van der Waals surface area contributed by atoms with Crippen LogP contribution in [0.15, 0.2) is 35.1 Å². The van der Waals surface area contributed by atoms with E-state index in [9.17, 15) is 9.90 Å². The molecular weight excluding hydrogens is 440 g/mol. The van der Waals surface area contributed by atoms with E-state index in [4.69, 9.17) is 14.5 Å². The van der Waals surface area contributed by atoms with E-state index in [-0.39, 0.29) is 12.2 Å². The summed E-state index contributed by atoms with van der Waals surface area (Å²) in [6.45, 7) is 4.91. The van der Waals surface area contributed by atoms with Crippen molar-refractivity contribution in [1.82, 2.24) is 19.8 Å². The first kappa shape index (κ1) is 24.0. The van der Waals surface area contributed by atoms with Crippen LogP contribution in [-0.4, -0.2) is 78.0 Å². The van der Waals surface area contributed by atoms with E-state index in [1.807, 2.05) is 11.0 Å². The fraction of sp³-hybridized carbons (Fsp3) is 0.500. The molecule has 1 aliphatic heterocycles. The fourth-order valence-electron chi connectivity index (χ4n) is 4.36. The summed E-state index contributed by atoms with van der Waals surface area (Å²) in [7, 11) is 3.21. The van der Waals surface area contributed by atoms with Gasteiger partial charge in [-0.3, -0.25) is 14.6 Å². The standard InChI is InChI=1S/C24H32N4O4S/c1-31-11-10-28(13-18(29)16-32-2)15-21-25-23(30)22-19-8-9-27(12-17-6-4-3-5-7-17)14-20(19)33-24(22)26-21/h3-7,18,29H,8-16H2,1-2H3,(H,25,26,30). The van der Waals surface area contributed by atoms with Crippen molar-refractivity contribution in [2.45, 2.75) is 32.2 Å². The number of hydrogen-bond donors (Lipinski definition) is 2. The number of nitrogens with one attached hydrogen (secondary N) is 1. The number of thiophene rings is 1. The molecule has 0 bridgehead atoms. The van der Waals surface area contributed by atoms with Gasteiger partial charge in [0.1, 0.15) is 10.7 Å². The van der Waals surface area contributed by atoms with Gasteiger partial charge in [0.05, 0.1) is 31.2 Å². The van der Waals surface area contributed by atoms with Crippen LogP contribution in [0.3, 0.4) is 0 Å². The first-order valence-electron chi connectivity index (χ1n) is 11.3. The maximum absolute atomic E-state index is 13.0. The quantitative estimate of drug-likeness (QED) is 0.441. The smallest absolute Gasteiger partial charge is 0.259 e. The molecule has 0 saturated carbocycles. The molecule has 3 heterocycles. The Morgan fingerprint density at radius 3 is 2.85 bits per heavy atom. The van der Waals surface area contributed by atoms with Gasteiger partial charge in [-0.2, -0.15) is 0 Å². The van der Waals surface area contributed by atoms with Crippen LogP contribution in [0, 0.1) is 0 Å². The first-order chi connectivity index (χ1) is 16.1. The third-order valence-corrected chi connectivity index (χ3v) is 7.01. The van der Waals surface area contributed by atoms with Gasteiger partial charge in [-0.05, 0) is 17.5 Å². The summed E-state index contributed by atoms with van der Waals surface area (Å²) in [5.41, 5.74) is 2.37. The van der Waals surface area contributed by atoms with Crippen LogP contribution in [-0.2, 0) is 35.5 Å². The number of aliphatic hydroxyl groups is 1. The first-order valence-corrected chi connectivity index (χ1v) is 12.1.